The average Bonchev–Trinajstić information content (AvgIpc) is 3.40. The SMILES string of the molecule is COc1ccc(N(Cc2cccs2)C(=O)CN2C(=O)N[C@](C)(c3ccc(C)cc3)C2=O)cc1. The number of anilines is 1. The second-order valence-electron chi connectivity index (χ2n) is 8.07. The second-order valence-corrected chi connectivity index (χ2v) is 9.10. The van der Waals surface area contributed by atoms with E-state index >= 15 is 0 Å². The molecule has 170 valence electrons. The van der Waals surface area contributed by atoms with E-state index in [-0.39, 0.29) is 12.5 Å². The third-order valence-electron chi connectivity index (χ3n) is 5.78. The molecule has 8 heteroatoms. The van der Waals surface area contributed by atoms with Crippen molar-refractivity contribution in [2.24, 2.45) is 0 Å². The second kappa shape index (κ2) is 9.07. The molecule has 1 fully saturated rings. The van der Waals surface area contributed by atoms with Crippen molar-refractivity contribution < 1.29 is 19.1 Å². The third kappa shape index (κ3) is 4.47. The molecule has 1 saturated heterocycles. The number of nitrogens with zero attached hydrogens (tertiary/aromatic N) is 2. The zero-order valence-electron chi connectivity index (χ0n) is 18.7. The normalized spacial score (nSPS) is 17.7. The first kappa shape index (κ1) is 22.5. The molecule has 1 atom stereocenters. The maximum atomic E-state index is 13.4. The third-order valence-corrected chi connectivity index (χ3v) is 6.64. The summed E-state index contributed by atoms with van der Waals surface area (Å²) < 4.78 is 5.22. The van der Waals surface area contributed by atoms with Gasteiger partial charge < -0.3 is 15.0 Å². The van der Waals surface area contributed by atoms with Gasteiger partial charge in [0.15, 0.2) is 0 Å². The fraction of sp³-hybridized carbons (Fsp3) is 0.240. The number of urea groups is 1. The van der Waals surface area contributed by atoms with Gasteiger partial charge in [-0.25, -0.2) is 4.79 Å². The highest BCUT2D eigenvalue weighted by atomic mass is 32.1. The summed E-state index contributed by atoms with van der Waals surface area (Å²) in [5, 5.41) is 4.70. The number of hydrogen-bond donors (Lipinski definition) is 1. The van der Waals surface area contributed by atoms with Gasteiger partial charge in [-0.3, -0.25) is 14.5 Å². The number of carbonyl (C=O) groups excluding carboxylic acids is 3. The minimum atomic E-state index is -1.22. The summed E-state index contributed by atoms with van der Waals surface area (Å²) in [7, 11) is 1.58. The molecule has 0 radical (unpaired) electrons. The monoisotopic (exact) mass is 463 g/mol. The Labute approximate surface area is 196 Å². The van der Waals surface area contributed by atoms with Crippen LogP contribution in [0, 0.1) is 6.92 Å². The molecule has 0 spiro atoms. The summed E-state index contributed by atoms with van der Waals surface area (Å²) in [6.45, 7) is 3.59. The highest BCUT2D eigenvalue weighted by Crippen LogP contribution is 2.30. The summed E-state index contributed by atoms with van der Waals surface area (Å²) in [5.41, 5.74) is 1.16. The molecule has 0 aliphatic carbocycles. The van der Waals surface area contributed by atoms with Crippen molar-refractivity contribution in [2.45, 2.75) is 25.9 Å². The highest BCUT2D eigenvalue weighted by Gasteiger charge is 2.49. The first-order chi connectivity index (χ1) is 15.8. The van der Waals surface area contributed by atoms with Crippen molar-refractivity contribution in [1.29, 1.82) is 0 Å². The van der Waals surface area contributed by atoms with Gasteiger partial charge in [0.25, 0.3) is 5.91 Å². The molecule has 1 aliphatic rings. The van der Waals surface area contributed by atoms with Gasteiger partial charge in [0, 0.05) is 10.6 Å². The summed E-state index contributed by atoms with van der Waals surface area (Å²) in [5.74, 6) is -0.133. The Balaban J connectivity index is 1.58. The van der Waals surface area contributed by atoms with Crippen LogP contribution in [-0.4, -0.2) is 36.4 Å². The molecule has 0 unspecified atom stereocenters. The van der Waals surface area contributed by atoms with Gasteiger partial charge in [0.2, 0.25) is 5.91 Å². The van der Waals surface area contributed by atoms with Crippen molar-refractivity contribution in [3.8, 4) is 5.75 Å². The Bertz CT molecular complexity index is 1160. The number of rotatable bonds is 7. The quantitative estimate of drug-likeness (QED) is 0.536. The van der Waals surface area contributed by atoms with Gasteiger partial charge in [-0.2, -0.15) is 0 Å². The van der Waals surface area contributed by atoms with Crippen LogP contribution < -0.4 is 15.0 Å². The van der Waals surface area contributed by atoms with Crippen LogP contribution in [0.15, 0.2) is 66.0 Å². The zero-order valence-corrected chi connectivity index (χ0v) is 19.5. The predicted octanol–water partition coefficient (Wildman–Crippen LogP) is 4.07. The number of benzene rings is 2. The first-order valence-corrected chi connectivity index (χ1v) is 11.4. The summed E-state index contributed by atoms with van der Waals surface area (Å²) in [6.07, 6.45) is 0. The van der Waals surface area contributed by atoms with Gasteiger partial charge in [0.05, 0.1) is 13.7 Å². The molecule has 1 aliphatic heterocycles. The summed E-state index contributed by atoms with van der Waals surface area (Å²) in [6, 6.07) is 17.8. The molecule has 4 amide bonds. The van der Waals surface area contributed by atoms with Gasteiger partial charge in [-0.05, 0) is 55.1 Å². The molecule has 1 N–H and O–H groups in total. The molecule has 1 aromatic heterocycles. The van der Waals surface area contributed by atoms with Crippen LogP contribution in [0.3, 0.4) is 0 Å². The molecule has 2 heterocycles. The number of aryl methyl sites for hydroxylation is 1. The van der Waals surface area contributed by atoms with E-state index in [0.717, 1.165) is 15.3 Å². The molecule has 3 aromatic rings. The maximum Gasteiger partial charge on any atom is 0.325 e. The lowest BCUT2D eigenvalue weighted by Gasteiger charge is -2.25. The number of methoxy groups -OCH3 is 1. The van der Waals surface area contributed by atoms with E-state index in [1.54, 1.807) is 43.2 Å². The molecule has 2 aromatic carbocycles. The van der Waals surface area contributed by atoms with E-state index in [1.165, 1.54) is 11.3 Å². The minimum absolute atomic E-state index is 0.335. The van der Waals surface area contributed by atoms with E-state index in [2.05, 4.69) is 5.32 Å². The smallest absolute Gasteiger partial charge is 0.325 e. The van der Waals surface area contributed by atoms with Crippen molar-refractivity contribution in [2.75, 3.05) is 18.6 Å². The maximum absolute atomic E-state index is 13.4. The topological polar surface area (TPSA) is 79.0 Å². The lowest BCUT2D eigenvalue weighted by molar-refractivity contribution is -0.134. The standard InChI is InChI=1S/C25H25N3O4S/c1-17-6-8-18(9-7-17)25(2)23(30)28(24(31)26-25)16-22(29)27(15-21-5-4-14-33-21)19-10-12-20(32-3)13-11-19/h4-14H,15-16H2,1-3H3,(H,26,31)/t25-/m1/s1. The fourth-order valence-electron chi connectivity index (χ4n) is 3.79. The molecule has 33 heavy (non-hydrogen) atoms. The number of thiophene rings is 1. The number of imide groups is 1. The van der Waals surface area contributed by atoms with Crippen molar-refractivity contribution >= 4 is 34.9 Å². The lowest BCUT2D eigenvalue weighted by Crippen LogP contribution is -2.44. The average molecular weight is 464 g/mol. The van der Waals surface area contributed by atoms with Crippen LogP contribution >= 0.6 is 11.3 Å². The van der Waals surface area contributed by atoms with Crippen molar-refractivity contribution in [3.05, 3.63) is 82.0 Å². The van der Waals surface area contributed by atoms with Crippen LogP contribution in [0.1, 0.15) is 22.9 Å². The van der Waals surface area contributed by atoms with E-state index < -0.39 is 17.5 Å². The van der Waals surface area contributed by atoms with Crippen LogP contribution in [0.2, 0.25) is 0 Å². The lowest BCUT2D eigenvalue weighted by atomic mass is 9.91. The Morgan fingerprint density at radius 3 is 2.39 bits per heavy atom. The zero-order chi connectivity index (χ0) is 23.6. The number of hydrogen-bond acceptors (Lipinski definition) is 5. The van der Waals surface area contributed by atoms with Gasteiger partial charge in [-0.15, -0.1) is 11.3 Å². The Morgan fingerprint density at radius 2 is 1.79 bits per heavy atom. The molecular formula is C25H25N3O4S. The number of nitrogens with one attached hydrogen (secondary N) is 1. The van der Waals surface area contributed by atoms with Gasteiger partial charge >= 0.3 is 6.03 Å². The molecule has 0 saturated carbocycles. The van der Waals surface area contributed by atoms with Crippen LogP contribution in [0.25, 0.3) is 0 Å². The number of amides is 4. The van der Waals surface area contributed by atoms with Crippen LogP contribution in [-0.2, 0) is 21.7 Å². The van der Waals surface area contributed by atoms with Crippen LogP contribution in [0.5, 0.6) is 5.75 Å². The molecular weight excluding hydrogens is 438 g/mol. The Kier molecular flexibility index (Phi) is 6.20. The number of ether oxygens (including phenoxy) is 1. The van der Waals surface area contributed by atoms with Gasteiger partial charge in [0.1, 0.15) is 17.8 Å². The Hall–Kier alpha value is -3.65. The van der Waals surface area contributed by atoms with E-state index in [0.29, 0.717) is 23.5 Å². The van der Waals surface area contributed by atoms with Gasteiger partial charge in [-0.1, -0.05) is 35.9 Å². The van der Waals surface area contributed by atoms with E-state index in [1.807, 2.05) is 48.7 Å². The first-order valence-electron chi connectivity index (χ1n) is 10.5. The molecule has 0 bridgehead atoms. The van der Waals surface area contributed by atoms with E-state index in [9.17, 15) is 14.4 Å². The van der Waals surface area contributed by atoms with E-state index in [4.69, 9.17) is 4.74 Å². The van der Waals surface area contributed by atoms with Crippen molar-refractivity contribution in [3.63, 3.8) is 0 Å². The van der Waals surface area contributed by atoms with Crippen molar-refractivity contribution in [1.82, 2.24) is 10.2 Å². The predicted molar refractivity (Wildman–Crippen MR) is 127 cm³/mol. The number of carbonyl (C=O) groups is 3. The summed E-state index contributed by atoms with van der Waals surface area (Å²) >= 11 is 1.53. The fourth-order valence-corrected chi connectivity index (χ4v) is 4.48. The molecule has 4 rings (SSSR count). The van der Waals surface area contributed by atoms with Crippen LogP contribution in [0.4, 0.5) is 10.5 Å². The Morgan fingerprint density at radius 1 is 1.09 bits per heavy atom. The largest absolute Gasteiger partial charge is 0.497 e. The summed E-state index contributed by atoms with van der Waals surface area (Å²) in [4.78, 5) is 43.0. The molecule has 7 nitrogen and oxygen atoms in total. The highest BCUT2D eigenvalue weighted by molar-refractivity contribution is 7.09. The minimum Gasteiger partial charge on any atom is -0.497 e.